The molecule has 0 radical (unpaired) electrons. The summed E-state index contributed by atoms with van der Waals surface area (Å²) in [5, 5.41) is 8.76. The van der Waals surface area contributed by atoms with Gasteiger partial charge in [-0.2, -0.15) is 5.26 Å². The monoisotopic (exact) mass is 220 g/mol. The summed E-state index contributed by atoms with van der Waals surface area (Å²) in [6, 6.07) is 10.4. The molecule has 1 aromatic carbocycles. The summed E-state index contributed by atoms with van der Waals surface area (Å²) in [5.41, 5.74) is 6.32. The van der Waals surface area contributed by atoms with Crippen LogP contribution in [0.25, 0.3) is 0 Å². The second-order valence-electron chi connectivity index (χ2n) is 3.89. The molecule has 1 unspecified atom stereocenters. The molecule has 0 bridgehead atoms. The molecular formula is C12H16N2S. The Balaban J connectivity index is 2.46. The van der Waals surface area contributed by atoms with E-state index in [4.69, 9.17) is 11.0 Å². The van der Waals surface area contributed by atoms with Gasteiger partial charge in [0.25, 0.3) is 0 Å². The molecule has 15 heavy (non-hydrogen) atoms. The van der Waals surface area contributed by atoms with Gasteiger partial charge in [-0.05, 0) is 31.9 Å². The SMILES string of the molecule is Cc1ccccc1SCCC(C)(N)C#N. The highest BCUT2D eigenvalue weighted by atomic mass is 32.2. The Bertz CT molecular complexity index is 366. The first-order valence-corrected chi connectivity index (χ1v) is 5.92. The summed E-state index contributed by atoms with van der Waals surface area (Å²) in [6.07, 6.45) is 0.711. The lowest BCUT2D eigenvalue weighted by Gasteiger charge is -2.14. The number of nitriles is 1. The highest BCUT2D eigenvalue weighted by Crippen LogP contribution is 2.23. The minimum atomic E-state index is -0.699. The van der Waals surface area contributed by atoms with Crippen molar-refractivity contribution < 1.29 is 0 Å². The van der Waals surface area contributed by atoms with Gasteiger partial charge in [-0.1, -0.05) is 18.2 Å². The van der Waals surface area contributed by atoms with E-state index in [0.29, 0.717) is 6.42 Å². The van der Waals surface area contributed by atoms with Crippen LogP contribution in [0.3, 0.4) is 0 Å². The first kappa shape index (κ1) is 12.1. The maximum atomic E-state index is 8.76. The Morgan fingerprint density at radius 3 is 2.73 bits per heavy atom. The maximum absolute atomic E-state index is 8.76. The van der Waals surface area contributed by atoms with Crippen LogP contribution in [0.15, 0.2) is 29.2 Å². The Kier molecular flexibility index (Phi) is 4.19. The van der Waals surface area contributed by atoms with Crippen LogP contribution >= 0.6 is 11.8 Å². The van der Waals surface area contributed by atoms with E-state index in [1.165, 1.54) is 10.5 Å². The van der Waals surface area contributed by atoms with E-state index in [1.54, 1.807) is 18.7 Å². The van der Waals surface area contributed by atoms with Gasteiger partial charge in [0.1, 0.15) is 5.54 Å². The summed E-state index contributed by atoms with van der Waals surface area (Å²) >= 11 is 1.76. The Labute approximate surface area is 95.5 Å². The molecule has 0 aliphatic carbocycles. The molecule has 1 aromatic rings. The van der Waals surface area contributed by atoms with Crippen LogP contribution in [0.1, 0.15) is 18.9 Å². The van der Waals surface area contributed by atoms with Gasteiger partial charge in [0, 0.05) is 10.6 Å². The van der Waals surface area contributed by atoms with E-state index in [1.807, 2.05) is 12.1 Å². The zero-order valence-electron chi connectivity index (χ0n) is 9.16. The molecule has 0 aliphatic rings. The number of nitrogens with two attached hydrogens (primary N) is 1. The van der Waals surface area contributed by atoms with E-state index < -0.39 is 5.54 Å². The Hall–Kier alpha value is -0.980. The number of hydrogen-bond acceptors (Lipinski definition) is 3. The van der Waals surface area contributed by atoms with Crippen LogP contribution < -0.4 is 5.73 Å². The molecule has 0 heterocycles. The lowest BCUT2D eigenvalue weighted by atomic mass is 10.0. The van der Waals surface area contributed by atoms with Crippen molar-refractivity contribution in [3.63, 3.8) is 0 Å². The predicted molar refractivity (Wildman–Crippen MR) is 64.7 cm³/mol. The molecular weight excluding hydrogens is 204 g/mol. The molecule has 1 rings (SSSR count). The van der Waals surface area contributed by atoms with Crippen molar-refractivity contribution in [2.75, 3.05) is 5.75 Å². The molecule has 0 aliphatic heterocycles. The third-order valence-corrected chi connectivity index (χ3v) is 3.41. The van der Waals surface area contributed by atoms with E-state index in [2.05, 4.69) is 25.1 Å². The van der Waals surface area contributed by atoms with Gasteiger partial charge in [-0.15, -0.1) is 11.8 Å². The summed E-state index contributed by atoms with van der Waals surface area (Å²) in [6.45, 7) is 3.86. The minimum Gasteiger partial charge on any atom is -0.314 e. The van der Waals surface area contributed by atoms with E-state index >= 15 is 0 Å². The van der Waals surface area contributed by atoms with Crippen LogP contribution in [0, 0.1) is 18.3 Å². The third kappa shape index (κ3) is 3.94. The summed E-state index contributed by atoms with van der Waals surface area (Å²) in [5.74, 6) is 0.880. The van der Waals surface area contributed by atoms with Crippen LogP contribution in [-0.4, -0.2) is 11.3 Å². The highest BCUT2D eigenvalue weighted by Gasteiger charge is 2.16. The van der Waals surface area contributed by atoms with Crippen molar-refractivity contribution in [3.05, 3.63) is 29.8 Å². The van der Waals surface area contributed by atoms with Crippen molar-refractivity contribution in [2.45, 2.75) is 30.7 Å². The second-order valence-corrected chi connectivity index (χ2v) is 5.03. The highest BCUT2D eigenvalue weighted by molar-refractivity contribution is 7.99. The molecule has 2 N–H and O–H groups in total. The smallest absolute Gasteiger partial charge is 0.102 e. The molecule has 0 amide bonds. The summed E-state index contributed by atoms with van der Waals surface area (Å²) in [4.78, 5) is 1.27. The predicted octanol–water partition coefficient (Wildman–Crippen LogP) is 2.72. The van der Waals surface area contributed by atoms with Gasteiger partial charge in [0.2, 0.25) is 0 Å². The average Bonchev–Trinajstić information content (AvgIpc) is 2.21. The summed E-state index contributed by atoms with van der Waals surface area (Å²) < 4.78 is 0. The third-order valence-electron chi connectivity index (χ3n) is 2.23. The van der Waals surface area contributed by atoms with Crippen molar-refractivity contribution in [2.24, 2.45) is 5.73 Å². The maximum Gasteiger partial charge on any atom is 0.102 e. The van der Waals surface area contributed by atoms with Gasteiger partial charge < -0.3 is 5.73 Å². The minimum absolute atomic E-state index is 0.699. The first-order chi connectivity index (χ1) is 7.05. The fourth-order valence-electron chi connectivity index (χ4n) is 1.15. The number of nitrogens with zero attached hydrogens (tertiary/aromatic N) is 1. The Morgan fingerprint density at radius 1 is 1.47 bits per heavy atom. The van der Waals surface area contributed by atoms with Crippen molar-refractivity contribution in [1.82, 2.24) is 0 Å². The number of benzene rings is 1. The average molecular weight is 220 g/mol. The number of aryl methyl sites for hydroxylation is 1. The van der Waals surface area contributed by atoms with Gasteiger partial charge >= 0.3 is 0 Å². The van der Waals surface area contributed by atoms with Gasteiger partial charge in [0.05, 0.1) is 6.07 Å². The topological polar surface area (TPSA) is 49.8 Å². The quantitative estimate of drug-likeness (QED) is 0.794. The molecule has 0 saturated heterocycles. The normalized spacial score (nSPS) is 14.3. The van der Waals surface area contributed by atoms with Crippen LogP contribution in [0.4, 0.5) is 0 Å². The van der Waals surface area contributed by atoms with Crippen molar-refractivity contribution in [3.8, 4) is 6.07 Å². The molecule has 1 atom stereocenters. The van der Waals surface area contributed by atoms with E-state index in [0.717, 1.165) is 5.75 Å². The lowest BCUT2D eigenvalue weighted by molar-refractivity contribution is 0.583. The lowest BCUT2D eigenvalue weighted by Crippen LogP contribution is -2.34. The molecule has 3 heteroatoms. The van der Waals surface area contributed by atoms with Gasteiger partial charge in [0.15, 0.2) is 0 Å². The zero-order chi connectivity index (χ0) is 11.3. The van der Waals surface area contributed by atoms with Crippen molar-refractivity contribution in [1.29, 1.82) is 5.26 Å². The molecule has 0 saturated carbocycles. The largest absolute Gasteiger partial charge is 0.314 e. The first-order valence-electron chi connectivity index (χ1n) is 4.94. The molecule has 2 nitrogen and oxygen atoms in total. The van der Waals surface area contributed by atoms with Crippen LogP contribution in [0.2, 0.25) is 0 Å². The van der Waals surface area contributed by atoms with Crippen LogP contribution in [0.5, 0.6) is 0 Å². The summed E-state index contributed by atoms with van der Waals surface area (Å²) in [7, 11) is 0. The molecule has 0 aromatic heterocycles. The molecule has 80 valence electrons. The number of thioether (sulfide) groups is 1. The number of hydrogen-bond donors (Lipinski definition) is 1. The van der Waals surface area contributed by atoms with Crippen molar-refractivity contribution >= 4 is 11.8 Å². The zero-order valence-corrected chi connectivity index (χ0v) is 9.97. The standard InChI is InChI=1S/C12H16N2S/c1-10-5-3-4-6-11(10)15-8-7-12(2,14)9-13/h3-6H,7-8,14H2,1-2H3. The fraction of sp³-hybridized carbons (Fsp3) is 0.417. The van der Waals surface area contributed by atoms with E-state index in [9.17, 15) is 0 Å². The number of rotatable bonds is 4. The van der Waals surface area contributed by atoms with Gasteiger partial charge in [-0.25, -0.2) is 0 Å². The fourth-order valence-corrected chi connectivity index (χ4v) is 2.36. The molecule has 0 fully saturated rings. The Morgan fingerprint density at radius 2 is 2.13 bits per heavy atom. The molecule has 0 spiro atoms. The van der Waals surface area contributed by atoms with Crippen LogP contribution in [-0.2, 0) is 0 Å². The van der Waals surface area contributed by atoms with Gasteiger partial charge in [-0.3, -0.25) is 0 Å². The second kappa shape index (κ2) is 5.20. The van der Waals surface area contributed by atoms with E-state index in [-0.39, 0.29) is 0 Å².